The Morgan fingerprint density at radius 3 is 2.67 bits per heavy atom. The van der Waals surface area contributed by atoms with E-state index in [4.69, 9.17) is 15.1 Å². The van der Waals surface area contributed by atoms with Crippen molar-refractivity contribution in [1.82, 2.24) is 0 Å². The molecule has 0 aliphatic carbocycles. The molecular weight excluding hydrogens is 194 g/mol. The predicted octanol–water partition coefficient (Wildman–Crippen LogP) is 1.83. The Hall–Kier alpha value is -2.02. The molecule has 4 heteroatoms. The lowest BCUT2D eigenvalue weighted by molar-refractivity contribution is 0.0693. The molecule has 0 bridgehead atoms. The van der Waals surface area contributed by atoms with E-state index in [2.05, 4.69) is 0 Å². The second kappa shape index (κ2) is 4.47. The van der Waals surface area contributed by atoms with Crippen LogP contribution in [0.15, 0.2) is 12.1 Å². The molecule has 0 aromatic heterocycles. The number of nitrogens with zero attached hydrogens (tertiary/aromatic N) is 1. The first kappa shape index (κ1) is 11.1. The fourth-order valence-corrected chi connectivity index (χ4v) is 1.36. The van der Waals surface area contributed by atoms with Gasteiger partial charge in [-0.15, -0.1) is 0 Å². The third-order valence-electron chi connectivity index (χ3n) is 2.16. The zero-order chi connectivity index (χ0) is 11.4. The number of carbonyl (C=O) groups is 1. The number of rotatable bonds is 3. The Balaban J connectivity index is 3.42. The van der Waals surface area contributed by atoms with Crippen molar-refractivity contribution in [2.75, 3.05) is 7.11 Å². The lowest BCUT2D eigenvalue weighted by Crippen LogP contribution is -2.03. The molecule has 1 N–H and O–H groups in total. The first-order valence-corrected chi connectivity index (χ1v) is 4.48. The van der Waals surface area contributed by atoms with Crippen LogP contribution in [0.4, 0.5) is 0 Å². The van der Waals surface area contributed by atoms with Crippen LogP contribution in [0, 0.1) is 11.3 Å². The fraction of sp³-hybridized carbons (Fsp3) is 0.273. The average molecular weight is 205 g/mol. The zero-order valence-electron chi connectivity index (χ0n) is 8.57. The van der Waals surface area contributed by atoms with Crippen LogP contribution in [0.25, 0.3) is 0 Å². The third-order valence-corrected chi connectivity index (χ3v) is 2.16. The topological polar surface area (TPSA) is 70.3 Å². The van der Waals surface area contributed by atoms with Gasteiger partial charge in [-0.25, -0.2) is 4.79 Å². The van der Waals surface area contributed by atoms with E-state index in [-0.39, 0.29) is 11.3 Å². The van der Waals surface area contributed by atoms with Crippen LogP contribution in [-0.4, -0.2) is 18.2 Å². The summed E-state index contributed by atoms with van der Waals surface area (Å²) >= 11 is 0. The summed E-state index contributed by atoms with van der Waals surface area (Å²) in [5.74, 6) is -0.831. The maximum Gasteiger partial charge on any atom is 0.339 e. The second-order valence-corrected chi connectivity index (χ2v) is 2.98. The predicted molar refractivity (Wildman–Crippen MR) is 54.0 cm³/mol. The van der Waals surface area contributed by atoms with Crippen molar-refractivity contribution in [2.45, 2.75) is 13.3 Å². The van der Waals surface area contributed by atoms with Crippen molar-refractivity contribution < 1.29 is 14.6 Å². The summed E-state index contributed by atoms with van der Waals surface area (Å²) in [5, 5.41) is 17.8. The molecule has 0 radical (unpaired) electrons. The minimum Gasteiger partial charge on any atom is -0.496 e. The highest BCUT2D eigenvalue weighted by Gasteiger charge is 2.14. The van der Waals surface area contributed by atoms with Crippen LogP contribution >= 0.6 is 0 Å². The first-order valence-electron chi connectivity index (χ1n) is 4.48. The quantitative estimate of drug-likeness (QED) is 0.817. The number of nitriles is 1. The van der Waals surface area contributed by atoms with Gasteiger partial charge in [-0.3, -0.25) is 0 Å². The SMILES string of the molecule is CCc1cc(C(=O)O)c(OC)cc1C#N. The normalized spacial score (nSPS) is 9.40. The minimum absolute atomic E-state index is 0.0911. The monoisotopic (exact) mass is 205 g/mol. The number of aromatic carboxylic acids is 1. The average Bonchev–Trinajstić information content (AvgIpc) is 2.26. The molecule has 0 amide bonds. The molecule has 1 aromatic carbocycles. The highest BCUT2D eigenvalue weighted by atomic mass is 16.5. The number of ether oxygens (including phenoxy) is 1. The summed E-state index contributed by atoms with van der Waals surface area (Å²) in [5.41, 5.74) is 1.27. The van der Waals surface area contributed by atoms with Gasteiger partial charge in [0.25, 0.3) is 0 Å². The van der Waals surface area contributed by atoms with Gasteiger partial charge in [0.05, 0.1) is 18.7 Å². The maximum absolute atomic E-state index is 10.9. The van der Waals surface area contributed by atoms with Gasteiger partial charge >= 0.3 is 5.97 Å². The largest absolute Gasteiger partial charge is 0.496 e. The second-order valence-electron chi connectivity index (χ2n) is 2.98. The van der Waals surface area contributed by atoms with Gasteiger partial charge in [0.15, 0.2) is 0 Å². The number of hydrogen-bond acceptors (Lipinski definition) is 3. The fourth-order valence-electron chi connectivity index (χ4n) is 1.36. The Labute approximate surface area is 87.7 Å². The smallest absolute Gasteiger partial charge is 0.339 e. The van der Waals surface area contributed by atoms with Gasteiger partial charge in [-0.05, 0) is 24.1 Å². The Morgan fingerprint density at radius 2 is 2.27 bits per heavy atom. The molecule has 0 aliphatic rings. The standard InChI is InChI=1S/C11H11NO3/c1-3-7-4-9(11(13)14)10(15-2)5-8(7)6-12/h4-5H,3H2,1-2H3,(H,13,14). The Bertz CT molecular complexity index is 432. The van der Waals surface area contributed by atoms with Gasteiger partial charge in [0.2, 0.25) is 0 Å². The van der Waals surface area contributed by atoms with E-state index in [1.54, 1.807) is 0 Å². The van der Waals surface area contributed by atoms with Crippen LogP contribution in [0.1, 0.15) is 28.4 Å². The van der Waals surface area contributed by atoms with Crippen molar-refractivity contribution in [3.05, 3.63) is 28.8 Å². The van der Waals surface area contributed by atoms with Crippen molar-refractivity contribution in [3.8, 4) is 11.8 Å². The van der Waals surface area contributed by atoms with Crippen LogP contribution in [0.3, 0.4) is 0 Å². The number of hydrogen-bond donors (Lipinski definition) is 1. The lowest BCUT2D eigenvalue weighted by Gasteiger charge is -2.08. The van der Waals surface area contributed by atoms with Crippen molar-refractivity contribution in [2.24, 2.45) is 0 Å². The van der Waals surface area contributed by atoms with Crippen molar-refractivity contribution in [1.29, 1.82) is 5.26 Å². The number of aryl methyl sites for hydroxylation is 1. The first-order chi connectivity index (χ1) is 7.13. The lowest BCUT2D eigenvalue weighted by atomic mass is 10.0. The summed E-state index contributed by atoms with van der Waals surface area (Å²) in [6, 6.07) is 4.96. The molecule has 0 unspecified atom stereocenters. The van der Waals surface area contributed by atoms with Gasteiger partial charge in [-0.1, -0.05) is 6.92 Å². The molecule has 1 rings (SSSR count). The highest BCUT2D eigenvalue weighted by molar-refractivity contribution is 5.91. The molecule has 0 atom stereocenters. The van der Waals surface area contributed by atoms with Gasteiger partial charge in [0, 0.05) is 0 Å². The molecule has 4 nitrogen and oxygen atoms in total. The third kappa shape index (κ3) is 2.08. The van der Waals surface area contributed by atoms with E-state index < -0.39 is 5.97 Å². The Morgan fingerprint density at radius 1 is 1.60 bits per heavy atom. The molecule has 0 heterocycles. The molecule has 1 aromatic rings. The van der Waals surface area contributed by atoms with Crippen molar-refractivity contribution >= 4 is 5.97 Å². The maximum atomic E-state index is 10.9. The molecule has 15 heavy (non-hydrogen) atoms. The molecule has 0 saturated heterocycles. The van der Waals surface area contributed by atoms with Gasteiger partial charge < -0.3 is 9.84 Å². The number of methoxy groups -OCH3 is 1. The molecular formula is C11H11NO3. The highest BCUT2D eigenvalue weighted by Crippen LogP contribution is 2.23. The minimum atomic E-state index is -1.05. The van der Waals surface area contributed by atoms with Crippen LogP contribution < -0.4 is 4.74 Å². The summed E-state index contributed by atoms with van der Waals surface area (Å²) in [4.78, 5) is 10.9. The van der Waals surface area contributed by atoms with E-state index in [9.17, 15) is 4.79 Å². The van der Waals surface area contributed by atoms with E-state index in [0.29, 0.717) is 12.0 Å². The molecule has 78 valence electrons. The summed E-state index contributed by atoms with van der Waals surface area (Å²) in [6.07, 6.45) is 0.618. The van der Waals surface area contributed by atoms with Crippen LogP contribution in [-0.2, 0) is 6.42 Å². The number of carboxylic acid groups (broad SMARTS) is 1. The molecule has 0 spiro atoms. The van der Waals surface area contributed by atoms with Crippen molar-refractivity contribution in [3.63, 3.8) is 0 Å². The van der Waals surface area contributed by atoms with Gasteiger partial charge in [0.1, 0.15) is 11.3 Å². The molecule has 0 saturated carbocycles. The van der Waals surface area contributed by atoms with E-state index in [0.717, 1.165) is 5.56 Å². The zero-order valence-corrected chi connectivity index (χ0v) is 8.57. The number of carboxylic acids is 1. The van der Waals surface area contributed by atoms with Crippen LogP contribution in [0.5, 0.6) is 5.75 Å². The van der Waals surface area contributed by atoms with Crippen LogP contribution in [0.2, 0.25) is 0 Å². The van der Waals surface area contributed by atoms with E-state index in [1.807, 2.05) is 13.0 Å². The van der Waals surface area contributed by atoms with E-state index in [1.165, 1.54) is 19.2 Å². The summed E-state index contributed by atoms with van der Waals surface area (Å²) < 4.78 is 4.92. The molecule has 0 aliphatic heterocycles. The van der Waals surface area contributed by atoms with Gasteiger partial charge in [-0.2, -0.15) is 5.26 Å². The summed E-state index contributed by atoms with van der Waals surface area (Å²) in [7, 11) is 1.38. The Kier molecular flexibility index (Phi) is 3.29. The summed E-state index contributed by atoms with van der Waals surface area (Å²) in [6.45, 7) is 1.87. The van der Waals surface area contributed by atoms with E-state index >= 15 is 0 Å². The molecule has 0 fully saturated rings. The number of benzene rings is 1.